The largest absolute Gasteiger partial charge is 0.452 e. The number of anilines is 1. The minimum Gasteiger partial charge on any atom is -0.452 e. The van der Waals surface area contributed by atoms with Crippen LogP contribution in [0.1, 0.15) is 15.9 Å². The molecule has 2 aromatic carbocycles. The third kappa shape index (κ3) is 3.77. The molecule has 132 valence electrons. The zero-order valence-corrected chi connectivity index (χ0v) is 13.7. The Labute approximate surface area is 147 Å². The molecule has 3 aromatic rings. The van der Waals surface area contributed by atoms with Crippen LogP contribution >= 0.6 is 0 Å². The molecule has 0 fully saturated rings. The molecule has 0 bridgehead atoms. The molecule has 6 nitrogen and oxygen atoms in total. The molecular formula is C19H14FNO5. The Morgan fingerprint density at radius 2 is 1.92 bits per heavy atom. The lowest BCUT2D eigenvalue weighted by molar-refractivity contribution is -0.119. The number of aryl methyl sites for hydroxylation is 1. The number of nitrogens with one attached hydrogen (secondary N) is 1. The van der Waals surface area contributed by atoms with Gasteiger partial charge in [-0.3, -0.25) is 4.79 Å². The molecule has 0 atom stereocenters. The molecule has 0 saturated carbocycles. The van der Waals surface area contributed by atoms with Crippen molar-refractivity contribution in [2.24, 2.45) is 0 Å². The highest BCUT2D eigenvalue weighted by Crippen LogP contribution is 2.14. The number of para-hydroxylation sites is 1. The van der Waals surface area contributed by atoms with Gasteiger partial charge in [0, 0.05) is 11.1 Å². The highest BCUT2D eigenvalue weighted by Gasteiger charge is 2.16. The van der Waals surface area contributed by atoms with Crippen molar-refractivity contribution >= 4 is 28.5 Å². The SMILES string of the molecule is Cc1ccc(NC(=O)COC(=O)c2cc3ccccc3oc2=O)cc1F. The van der Waals surface area contributed by atoms with Crippen molar-refractivity contribution in [1.29, 1.82) is 0 Å². The molecule has 0 aliphatic rings. The fourth-order valence-corrected chi connectivity index (χ4v) is 2.28. The number of esters is 1. The van der Waals surface area contributed by atoms with Crippen LogP contribution in [0.2, 0.25) is 0 Å². The number of hydrogen-bond acceptors (Lipinski definition) is 5. The first kappa shape index (κ1) is 17.3. The number of ether oxygens (including phenoxy) is 1. The molecule has 0 unspecified atom stereocenters. The molecule has 1 heterocycles. The molecule has 0 spiro atoms. The zero-order chi connectivity index (χ0) is 18.7. The van der Waals surface area contributed by atoms with Crippen LogP contribution in [0.4, 0.5) is 10.1 Å². The maximum Gasteiger partial charge on any atom is 0.351 e. The van der Waals surface area contributed by atoms with E-state index < -0.39 is 29.9 Å². The minimum atomic E-state index is -0.977. The standard InChI is InChI=1S/C19H14FNO5/c1-11-6-7-13(9-15(11)20)21-17(22)10-25-18(23)14-8-12-4-2-3-5-16(12)26-19(14)24/h2-9H,10H2,1H3,(H,21,22). The molecular weight excluding hydrogens is 341 g/mol. The Kier molecular flexibility index (Phi) is 4.79. The van der Waals surface area contributed by atoms with E-state index in [0.29, 0.717) is 16.5 Å². The van der Waals surface area contributed by atoms with Gasteiger partial charge in [-0.05, 0) is 36.8 Å². The van der Waals surface area contributed by atoms with Crippen LogP contribution in [0.3, 0.4) is 0 Å². The molecule has 0 saturated heterocycles. The quantitative estimate of drug-likeness (QED) is 0.574. The van der Waals surface area contributed by atoms with Crippen molar-refractivity contribution in [2.45, 2.75) is 6.92 Å². The fraction of sp³-hybridized carbons (Fsp3) is 0.105. The third-order valence-corrected chi connectivity index (χ3v) is 3.65. The summed E-state index contributed by atoms with van der Waals surface area (Å²) in [6.45, 7) is 0.971. The van der Waals surface area contributed by atoms with Gasteiger partial charge in [0.25, 0.3) is 5.91 Å². The van der Waals surface area contributed by atoms with E-state index in [2.05, 4.69) is 5.32 Å². The van der Waals surface area contributed by atoms with E-state index in [9.17, 15) is 18.8 Å². The third-order valence-electron chi connectivity index (χ3n) is 3.65. The first-order valence-electron chi connectivity index (χ1n) is 7.70. The lowest BCUT2D eigenvalue weighted by Gasteiger charge is -2.07. The fourth-order valence-electron chi connectivity index (χ4n) is 2.28. The first-order chi connectivity index (χ1) is 12.4. The molecule has 0 radical (unpaired) electrons. The monoisotopic (exact) mass is 355 g/mol. The summed E-state index contributed by atoms with van der Waals surface area (Å²) in [6.07, 6.45) is 0. The van der Waals surface area contributed by atoms with E-state index in [1.165, 1.54) is 18.2 Å². The molecule has 1 aromatic heterocycles. The van der Waals surface area contributed by atoms with Gasteiger partial charge in [-0.2, -0.15) is 0 Å². The summed E-state index contributed by atoms with van der Waals surface area (Å²) in [5.41, 5.74) is -0.141. The lowest BCUT2D eigenvalue weighted by Crippen LogP contribution is -2.23. The van der Waals surface area contributed by atoms with Crippen LogP contribution in [0.15, 0.2) is 57.7 Å². The molecule has 3 rings (SSSR count). The summed E-state index contributed by atoms with van der Waals surface area (Å²) in [5.74, 6) is -2.10. The van der Waals surface area contributed by atoms with Gasteiger partial charge >= 0.3 is 11.6 Å². The minimum absolute atomic E-state index is 0.236. The van der Waals surface area contributed by atoms with Gasteiger partial charge in [0.05, 0.1) is 0 Å². The number of carbonyl (C=O) groups excluding carboxylic acids is 2. The number of hydrogen-bond donors (Lipinski definition) is 1. The van der Waals surface area contributed by atoms with Gasteiger partial charge in [-0.1, -0.05) is 24.3 Å². The van der Waals surface area contributed by atoms with E-state index in [0.717, 1.165) is 6.07 Å². The van der Waals surface area contributed by atoms with Crippen molar-refractivity contribution in [3.8, 4) is 0 Å². The predicted molar refractivity (Wildman–Crippen MR) is 92.5 cm³/mol. The number of rotatable bonds is 4. The average molecular weight is 355 g/mol. The van der Waals surface area contributed by atoms with E-state index in [1.54, 1.807) is 31.2 Å². The number of benzene rings is 2. The summed E-state index contributed by atoms with van der Waals surface area (Å²) in [4.78, 5) is 35.7. The number of carbonyl (C=O) groups is 2. The van der Waals surface area contributed by atoms with Crippen molar-refractivity contribution in [2.75, 3.05) is 11.9 Å². The highest BCUT2D eigenvalue weighted by atomic mass is 19.1. The Morgan fingerprint density at radius 1 is 1.15 bits per heavy atom. The van der Waals surface area contributed by atoms with Crippen LogP contribution in [-0.4, -0.2) is 18.5 Å². The van der Waals surface area contributed by atoms with E-state index in [1.807, 2.05) is 0 Å². The lowest BCUT2D eigenvalue weighted by atomic mass is 10.2. The van der Waals surface area contributed by atoms with E-state index >= 15 is 0 Å². The van der Waals surface area contributed by atoms with Crippen LogP contribution in [0, 0.1) is 12.7 Å². The maximum atomic E-state index is 13.5. The van der Waals surface area contributed by atoms with Crippen molar-refractivity contribution in [1.82, 2.24) is 0 Å². The van der Waals surface area contributed by atoms with Crippen molar-refractivity contribution in [3.63, 3.8) is 0 Å². The van der Waals surface area contributed by atoms with Gasteiger partial charge in [0.2, 0.25) is 0 Å². The second-order valence-corrected chi connectivity index (χ2v) is 5.57. The first-order valence-corrected chi connectivity index (χ1v) is 7.70. The van der Waals surface area contributed by atoms with Gasteiger partial charge < -0.3 is 14.5 Å². The van der Waals surface area contributed by atoms with Crippen LogP contribution in [0.5, 0.6) is 0 Å². The van der Waals surface area contributed by atoms with E-state index in [-0.39, 0.29) is 11.3 Å². The molecule has 0 aliphatic heterocycles. The topological polar surface area (TPSA) is 85.6 Å². The van der Waals surface area contributed by atoms with Crippen LogP contribution in [0.25, 0.3) is 11.0 Å². The number of amides is 1. The highest BCUT2D eigenvalue weighted by molar-refractivity contribution is 5.96. The van der Waals surface area contributed by atoms with Crippen molar-refractivity contribution in [3.05, 3.63) is 75.9 Å². The van der Waals surface area contributed by atoms with Crippen LogP contribution in [-0.2, 0) is 9.53 Å². The molecule has 7 heteroatoms. The number of fused-ring (bicyclic) bond motifs is 1. The van der Waals surface area contributed by atoms with E-state index in [4.69, 9.17) is 9.15 Å². The maximum absolute atomic E-state index is 13.5. The molecule has 0 aliphatic carbocycles. The Hall–Kier alpha value is -3.48. The molecule has 26 heavy (non-hydrogen) atoms. The average Bonchev–Trinajstić information content (AvgIpc) is 2.62. The van der Waals surface area contributed by atoms with Gasteiger partial charge in [-0.25, -0.2) is 14.0 Å². The summed E-state index contributed by atoms with van der Waals surface area (Å²) < 4.78 is 23.3. The van der Waals surface area contributed by atoms with Crippen LogP contribution < -0.4 is 10.9 Å². The summed E-state index contributed by atoms with van der Waals surface area (Å²) in [5, 5.41) is 2.96. The second kappa shape index (κ2) is 7.18. The van der Waals surface area contributed by atoms with Gasteiger partial charge in [-0.15, -0.1) is 0 Å². The zero-order valence-electron chi connectivity index (χ0n) is 13.7. The predicted octanol–water partition coefficient (Wildman–Crippen LogP) is 3.04. The Bertz CT molecular complexity index is 1060. The summed E-state index contributed by atoms with van der Waals surface area (Å²) >= 11 is 0. The van der Waals surface area contributed by atoms with Crippen molar-refractivity contribution < 1.29 is 23.1 Å². The smallest absolute Gasteiger partial charge is 0.351 e. The number of halogens is 1. The summed E-state index contributed by atoms with van der Waals surface area (Å²) in [6, 6.07) is 12.2. The molecule has 1 amide bonds. The molecule has 1 N–H and O–H groups in total. The Balaban J connectivity index is 1.66. The normalized spacial score (nSPS) is 10.5. The second-order valence-electron chi connectivity index (χ2n) is 5.57. The van der Waals surface area contributed by atoms with Gasteiger partial charge in [0.15, 0.2) is 6.61 Å². The summed E-state index contributed by atoms with van der Waals surface area (Å²) in [7, 11) is 0. The van der Waals surface area contributed by atoms with Gasteiger partial charge in [0.1, 0.15) is 17.0 Å². The Morgan fingerprint density at radius 3 is 2.69 bits per heavy atom.